The first kappa shape index (κ1) is 10.9. The molecule has 0 fully saturated rings. The van der Waals surface area contributed by atoms with Crippen LogP contribution in [-0.4, -0.2) is 11.2 Å². The van der Waals surface area contributed by atoms with Gasteiger partial charge in [0.05, 0.1) is 11.1 Å². The van der Waals surface area contributed by atoms with Crippen LogP contribution in [0.4, 0.5) is 4.39 Å². The summed E-state index contributed by atoms with van der Waals surface area (Å²) in [6.45, 7) is 3.43. The van der Waals surface area contributed by atoms with Gasteiger partial charge >= 0.3 is 0 Å². The molecule has 0 spiro atoms. The Bertz CT molecular complexity index is 143. The molecule has 0 aliphatic heterocycles. The van der Waals surface area contributed by atoms with Crippen LogP contribution in [0.25, 0.3) is 0 Å². The molecule has 0 aromatic carbocycles. The van der Waals surface area contributed by atoms with Crippen LogP contribution in [0.3, 0.4) is 0 Å². The van der Waals surface area contributed by atoms with Crippen LogP contribution in [0.5, 0.6) is 0 Å². The Morgan fingerprint density at radius 3 is 2.55 bits per heavy atom. The second-order valence-corrected chi connectivity index (χ2v) is 2.94. The number of aliphatic hydroxyl groups excluding tert-OH is 1. The molecule has 1 N–H and O–H groups in total. The average Bonchev–Trinajstić information content (AvgIpc) is 1.98. The van der Waals surface area contributed by atoms with Gasteiger partial charge in [-0.25, -0.2) is 4.39 Å². The number of hydrogen-bond donors (Lipinski definition) is 1. The smallest absolute Gasteiger partial charge is 0.117 e. The predicted octanol–water partition coefficient (Wildman–Crippen LogP) is 2.98. The van der Waals surface area contributed by atoms with Crippen molar-refractivity contribution in [3.8, 4) is 0 Å². The average molecular weight is 181 g/mol. The molecular formula is C8H14ClFO. The van der Waals surface area contributed by atoms with Crippen molar-refractivity contribution in [3.63, 3.8) is 0 Å². The van der Waals surface area contributed by atoms with Gasteiger partial charge in [0.15, 0.2) is 0 Å². The van der Waals surface area contributed by atoms with Crippen LogP contribution < -0.4 is 0 Å². The summed E-state index contributed by atoms with van der Waals surface area (Å²) in [5.74, 6) is -0.386. The third-order valence-electron chi connectivity index (χ3n) is 1.38. The van der Waals surface area contributed by atoms with E-state index in [9.17, 15) is 4.39 Å². The summed E-state index contributed by atoms with van der Waals surface area (Å²) in [6.07, 6.45) is 1.15. The van der Waals surface area contributed by atoms with E-state index in [0.717, 1.165) is 12.8 Å². The highest BCUT2D eigenvalue weighted by atomic mass is 35.5. The van der Waals surface area contributed by atoms with Crippen LogP contribution in [0.1, 0.15) is 33.1 Å². The fourth-order valence-corrected chi connectivity index (χ4v) is 0.773. The normalized spacial score (nSPS) is 16.1. The summed E-state index contributed by atoms with van der Waals surface area (Å²) in [4.78, 5) is 0. The van der Waals surface area contributed by atoms with Gasteiger partial charge in [0.2, 0.25) is 0 Å². The van der Waals surface area contributed by atoms with E-state index in [0.29, 0.717) is 6.42 Å². The molecule has 0 radical (unpaired) electrons. The monoisotopic (exact) mass is 180 g/mol. The minimum Gasteiger partial charge on any atom is -0.388 e. The van der Waals surface area contributed by atoms with Gasteiger partial charge in [0.1, 0.15) is 5.83 Å². The second-order valence-electron chi connectivity index (χ2n) is 2.53. The molecule has 0 rings (SSSR count). The zero-order chi connectivity index (χ0) is 8.85. The Kier molecular flexibility index (Phi) is 5.51. The fourth-order valence-electron chi connectivity index (χ4n) is 0.678. The highest BCUT2D eigenvalue weighted by Crippen LogP contribution is 2.19. The van der Waals surface area contributed by atoms with Crippen molar-refractivity contribution in [3.05, 3.63) is 10.9 Å². The standard InChI is InChI=1S/C8H14ClFO/c1-3-4-5-7(10)8(9)6(2)11/h6,11H,3-5H2,1-2H3/b8-7+. The molecule has 66 valence electrons. The van der Waals surface area contributed by atoms with E-state index >= 15 is 0 Å². The van der Waals surface area contributed by atoms with Crippen LogP contribution in [0.2, 0.25) is 0 Å². The van der Waals surface area contributed by atoms with Crippen molar-refractivity contribution in [2.75, 3.05) is 0 Å². The Morgan fingerprint density at radius 1 is 1.64 bits per heavy atom. The molecule has 1 nitrogen and oxygen atoms in total. The van der Waals surface area contributed by atoms with Crippen molar-refractivity contribution in [2.24, 2.45) is 0 Å². The first-order valence-corrected chi connectivity index (χ1v) is 4.19. The molecule has 0 heterocycles. The maximum Gasteiger partial charge on any atom is 0.117 e. The van der Waals surface area contributed by atoms with E-state index in [1.807, 2.05) is 6.92 Å². The molecule has 1 atom stereocenters. The Hall–Kier alpha value is -0.0800. The van der Waals surface area contributed by atoms with Gasteiger partial charge in [0, 0.05) is 6.42 Å². The number of halogens is 2. The number of hydrogen-bond acceptors (Lipinski definition) is 1. The molecule has 0 bridgehead atoms. The molecule has 11 heavy (non-hydrogen) atoms. The SMILES string of the molecule is CCCC/C(F)=C(\Cl)C(C)O. The zero-order valence-corrected chi connectivity index (χ0v) is 7.66. The van der Waals surface area contributed by atoms with Gasteiger partial charge in [-0.1, -0.05) is 24.9 Å². The van der Waals surface area contributed by atoms with Crippen molar-refractivity contribution in [1.29, 1.82) is 0 Å². The molecule has 0 amide bonds. The minimum atomic E-state index is -0.881. The van der Waals surface area contributed by atoms with Gasteiger partial charge in [-0.3, -0.25) is 0 Å². The molecule has 1 unspecified atom stereocenters. The lowest BCUT2D eigenvalue weighted by Gasteiger charge is -2.03. The highest BCUT2D eigenvalue weighted by Gasteiger charge is 2.08. The Balaban J connectivity index is 3.94. The molecule has 3 heteroatoms. The van der Waals surface area contributed by atoms with Crippen molar-refractivity contribution in [1.82, 2.24) is 0 Å². The van der Waals surface area contributed by atoms with E-state index in [4.69, 9.17) is 16.7 Å². The topological polar surface area (TPSA) is 20.2 Å². The maximum absolute atomic E-state index is 12.8. The number of rotatable bonds is 4. The third kappa shape index (κ3) is 4.38. The lowest BCUT2D eigenvalue weighted by atomic mass is 10.2. The van der Waals surface area contributed by atoms with Crippen molar-refractivity contribution >= 4 is 11.6 Å². The van der Waals surface area contributed by atoms with Gasteiger partial charge in [-0.15, -0.1) is 0 Å². The van der Waals surface area contributed by atoms with Crippen LogP contribution in [-0.2, 0) is 0 Å². The first-order chi connectivity index (χ1) is 5.09. The van der Waals surface area contributed by atoms with E-state index in [1.165, 1.54) is 6.92 Å². The lowest BCUT2D eigenvalue weighted by molar-refractivity contribution is 0.235. The first-order valence-electron chi connectivity index (χ1n) is 3.81. The largest absolute Gasteiger partial charge is 0.388 e. The molecule has 0 aromatic rings. The highest BCUT2D eigenvalue weighted by molar-refractivity contribution is 6.30. The number of allylic oxidation sites excluding steroid dienone is 1. The summed E-state index contributed by atoms with van der Waals surface area (Å²) >= 11 is 5.46. The minimum absolute atomic E-state index is 0.0570. The molecule has 0 saturated heterocycles. The van der Waals surface area contributed by atoms with Crippen LogP contribution >= 0.6 is 11.6 Å². The fraction of sp³-hybridized carbons (Fsp3) is 0.750. The van der Waals surface area contributed by atoms with Gasteiger partial charge < -0.3 is 5.11 Å². The predicted molar refractivity (Wildman–Crippen MR) is 45.2 cm³/mol. The quantitative estimate of drug-likeness (QED) is 0.705. The Labute approximate surface area is 71.9 Å². The summed E-state index contributed by atoms with van der Waals surface area (Å²) < 4.78 is 12.8. The zero-order valence-electron chi connectivity index (χ0n) is 6.90. The van der Waals surface area contributed by atoms with E-state index in [2.05, 4.69) is 0 Å². The van der Waals surface area contributed by atoms with Crippen molar-refractivity contribution < 1.29 is 9.50 Å². The summed E-state index contributed by atoms with van der Waals surface area (Å²) in [6, 6.07) is 0. The van der Waals surface area contributed by atoms with Gasteiger partial charge in [-0.05, 0) is 13.3 Å². The molecule has 0 aromatic heterocycles. The van der Waals surface area contributed by atoms with Crippen LogP contribution in [0.15, 0.2) is 10.9 Å². The van der Waals surface area contributed by atoms with E-state index in [1.54, 1.807) is 0 Å². The van der Waals surface area contributed by atoms with E-state index in [-0.39, 0.29) is 10.9 Å². The second kappa shape index (κ2) is 5.56. The maximum atomic E-state index is 12.8. The summed E-state index contributed by atoms with van der Waals surface area (Å²) in [7, 11) is 0. The summed E-state index contributed by atoms with van der Waals surface area (Å²) in [5, 5.41) is 8.80. The lowest BCUT2D eigenvalue weighted by Crippen LogP contribution is -2.00. The molecule has 0 aliphatic carbocycles. The molecule has 0 saturated carbocycles. The van der Waals surface area contributed by atoms with E-state index < -0.39 is 6.10 Å². The third-order valence-corrected chi connectivity index (χ3v) is 1.90. The van der Waals surface area contributed by atoms with Crippen molar-refractivity contribution in [2.45, 2.75) is 39.2 Å². The molecular weight excluding hydrogens is 167 g/mol. The van der Waals surface area contributed by atoms with Crippen LogP contribution in [0, 0.1) is 0 Å². The summed E-state index contributed by atoms with van der Waals surface area (Å²) in [5.41, 5.74) is 0. The number of aliphatic hydroxyl groups is 1. The van der Waals surface area contributed by atoms with Gasteiger partial charge in [0.25, 0.3) is 0 Å². The molecule has 0 aliphatic rings. The Morgan fingerprint density at radius 2 is 2.18 bits per heavy atom. The number of unbranched alkanes of at least 4 members (excludes halogenated alkanes) is 1. The van der Waals surface area contributed by atoms with Gasteiger partial charge in [-0.2, -0.15) is 0 Å².